The molecule has 36 heavy (non-hydrogen) atoms. The van der Waals surface area contributed by atoms with Crippen LogP contribution in [-0.4, -0.2) is 46.9 Å². The largest absolute Gasteiger partial charge is 0.491 e. The molecule has 2 aromatic carbocycles. The minimum Gasteiger partial charge on any atom is -0.491 e. The van der Waals surface area contributed by atoms with Crippen molar-refractivity contribution in [3.8, 4) is 11.4 Å². The first-order valence-electron chi connectivity index (χ1n) is 10.8. The van der Waals surface area contributed by atoms with Crippen molar-refractivity contribution in [2.75, 3.05) is 31.2 Å². The third-order valence-corrected chi connectivity index (χ3v) is 6.57. The molecule has 13 heteroatoms. The highest BCUT2D eigenvalue weighted by molar-refractivity contribution is 6.31. The van der Waals surface area contributed by atoms with E-state index in [1.807, 2.05) is 0 Å². The van der Waals surface area contributed by atoms with Gasteiger partial charge in [0.05, 0.1) is 36.1 Å². The minimum atomic E-state index is -1.47. The van der Waals surface area contributed by atoms with Crippen LogP contribution in [0.4, 0.5) is 29.5 Å². The van der Waals surface area contributed by atoms with Gasteiger partial charge < -0.3 is 20.1 Å². The molecule has 3 aromatic rings. The topological polar surface area (TPSA) is 112 Å². The van der Waals surface area contributed by atoms with E-state index in [2.05, 4.69) is 10.4 Å². The molecule has 3 N–H and O–H groups in total. The molecule has 1 fully saturated rings. The quantitative estimate of drug-likeness (QED) is 0.533. The SMILES string of the molecule is COc1c(F)cc(F)cc1-n1ncc(C(=O)N2CCC[C@@]3(C2)OC(=O)Nc2ccc(Cl)c(F)c23)c1N. The lowest BCUT2D eigenvalue weighted by Gasteiger charge is -2.45. The average Bonchev–Trinajstić information content (AvgIpc) is 3.21. The van der Waals surface area contributed by atoms with Gasteiger partial charge in [-0.3, -0.25) is 10.1 Å². The fraction of sp³-hybridized carbons (Fsp3) is 0.261. The molecule has 1 atom stereocenters. The van der Waals surface area contributed by atoms with Crippen molar-refractivity contribution in [3.05, 3.63) is 64.1 Å². The molecule has 1 aromatic heterocycles. The number of amides is 2. The Bertz CT molecular complexity index is 1410. The van der Waals surface area contributed by atoms with Crippen LogP contribution < -0.4 is 15.8 Å². The van der Waals surface area contributed by atoms with E-state index in [4.69, 9.17) is 26.8 Å². The Morgan fingerprint density at radius 1 is 1.31 bits per heavy atom. The predicted octanol–water partition coefficient (Wildman–Crippen LogP) is 4.23. The van der Waals surface area contributed by atoms with Gasteiger partial charge in [0.15, 0.2) is 23.0 Å². The standard InChI is InChI=1S/C23H19ClF3N5O4/c1-35-19-14(26)7-11(25)8-16(19)32-20(28)12(9-29-32)21(33)31-6-2-5-23(10-31)17-15(30-22(34)36-23)4-3-13(24)18(17)27/h3-4,7-9H,2,5-6,10,28H2,1H3,(H,30,34)/t23-/m0/s1. The first-order valence-corrected chi connectivity index (χ1v) is 11.2. The second kappa shape index (κ2) is 8.63. The summed E-state index contributed by atoms with van der Waals surface area (Å²) in [5.74, 6) is -3.72. The lowest BCUT2D eigenvalue weighted by molar-refractivity contribution is -0.0418. The van der Waals surface area contributed by atoms with Crippen LogP contribution in [0.25, 0.3) is 5.69 Å². The summed E-state index contributed by atoms with van der Waals surface area (Å²) < 4.78 is 54.8. The zero-order valence-electron chi connectivity index (χ0n) is 18.8. The summed E-state index contributed by atoms with van der Waals surface area (Å²) in [6.45, 7) is 0.0810. The Balaban J connectivity index is 1.51. The molecular weight excluding hydrogens is 503 g/mol. The number of hydrogen-bond donors (Lipinski definition) is 2. The van der Waals surface area contributed by atoms with Gasteiger partial charge in [-0.05, 0) is 25.0 Å². The maximum Gasteiger partial charge on any atom is 0.412 e. The lowest BCUT2D eigenvalue weighted by atomic mass is 9.83. The molecule has 1 saturated heterocycles. The molecular formula is C23H19ClF3N5O4. The van der Waals surface area contributed by atoms with Gasteiger partial charge in [-0.25, -0.2) is 22.6 Å². The van der Waals surface area contributed by atoms with E-state index in [-0.39, 0.29) is 58.6 Å². The summed E-state index contributed by atoms with van der Waals surface area (Å²) in [7, 11) is 1.20. The van der Waals surface area contributed by atoms with Crippen LogP contribution in [0, 0.1) is 17.5 Å². The number of carbonyl (C=O) groups excluding carboxylic acids is 2. The van der Waals surface area contributed by atoms with Crippen molar-refractivity contribution >= 4 is 35.1 Å². The van der Waals surface area contributed by atoms with E-state index >= 15 is 4.39 Å². The summed E-state index contributed by atoms with van der Waals surface area (Å²) in [6, 6.07) is 4.40. The number of nitrogens with one attached hydrogen (secondary N) is 1. The molecule has 0 aliphatic carbocycles. The van der Waals surface area contributed by atoms with Crippen LogP contribution in [0.15, 0.2) is 30.5 Å². The van der Waals surface area contributed by atoms with Crippen LogP contribution in [0.3, 0.4) is 0 Å². The molecule has 0 bridgehead atoms. The Kier molecular flexibility index (Phi) is 5.70. The number of nitrogens with two attached hydrogens (primary N) is 1. The monoisotopic (exact) mass is 521 g/mol. The normalized spacial score (nSPS) is 19.0. The smallest absolute Gasteiger partial charge is 0.412 e. The molecule has 188 valence electrons. The molecule has 2 aliphatic heterocycles. The van der Waals surface area contributed by atoms with Gasteiger partial charge in [-0.15, -0.1) is 0 Å². The molecule has 0 saturated carbocycles. The van der Waals surface area contributed by atoms with Crippen LogP contribution >= 0.6 is 11.6 Å². The number of aromatic nitrogens is 2. The van der Waals surface area contributed by atoms with Crippen molar-refractivity contribution < 1.29 is 32.2 Å². The van der Waals surface area contributed by atoms with E-state index in [9.17, 15) is 18.4 Å². The van der Waals surface area contributed by atoms with Crippen molar-refractivity contribution in [1.29, 1.82) is 0 Å². The van der Waals surface area contributed by atoms with E-state index in [1.54, 1.807) is 0 Å². The number of nitrogens with zero attached hydrogens (tertiary/aromatic N) is 3. The van der Waals surface area contributed by atoms with E-state index < -0.39 is 35.1 Å². The molecule has 0 radical (unpaired) electrons. The summed E-state index contributed by atoms with van der Waals surface area (Å²) in [4.78, 5) is 27.1. The van der Waals surface area contributed by atoms with Crippen LogP contribution in [-0.2, 0) is 10.3 Å². The fourth-order valence-corrected chi connectivity index (χ4v) is 4.90. The van der Waals surface area contributed by atoms with Crippen molar-refractivity contribution in [2.24, 2.45) is 0 Å². The van der Waals surface area contributed by atoms with Crippen molar-refractivity contribution in [2.45, 2.75) is 18.4 Å². The lowest BCUT2D eigenvalue weighted by Crippen LogP contribution is -2.53. The predicted molar refractivity (Wildman–Crippen MR) is 123 cm³/mol. The second-order valence-electron chi connectivity index (χ2n) is 8.42. The zero-order chi connectivity index (χ0) is 25.8. The van der Waals surface area contributed by atoms with Gasteiger partial charge in [0, 0.05) is 18.7 Å². The van der Waals surface area contributed by atoms with Crippen molar-refractivity contribution in [3.63, 3.8) is 0 Å². The summed E-state index contributed by atoms with van der Waals surface area (Å²) in [5.41, 5.74) is 4.74. The number of anilines is 2. The average molecular weight is 522 g/mol. The maximum absolute atomic E-state index is 15.1. The third-order valence-electron chi connectivity index (χ3n) is 6.28. The van der Waals surface area contributed by atoms with Crippen LogP contribution in [0.5, 0.6) is 5.75 Å². The highest BCUT2D eigenvalue weighted by Gasteiger charge is 2.49. The first-order chi connectivity index (χ1) is 17.1. The first kappa shape index (κ1) is 23.8. The maximum atomic E-state index is 15.1. The summed E-state index contributed by atoms with van der Waals surface area (Å²) in [5, 5.41) is 6.33. The molecule has 2 aliphatic rings. The van der Waals surface area contributed by atoms with Crippen molar-refractivity contribution in [1.82, 2.24) is 14.7 Å². The summed E-state index contributed by atoms with van der Waals surface area (Å²) >= 11 is 5.99. The van der Waals surface area contributed by atoms with Gasteiger partial charge in [0.2, 0.25) is 0 Å². The number of methoxy groups -OCH3 is 1. The molecule has 0 unspecified atom stereocenters. The van der Waals surface area contributed by atoms with E-state index in [0.717, 1.165) is 16.9 Å². The highest BCUT2D eigenvalue weighted by Crippen LogP contribution is 2.45. The van der Waals surface area contributed by atoms with Gasteiger partial charge >= 0.3 is 6.09 Å². The van der Waals surface area contributed by atoms with Gasteiger partial charge in [-0.2, -0.15) is 5.10 Å². The number of fused-ring (bicyclic) bond motifs is 2. The number of rotatable bonds is 3. The minimum absolute atomic E-state index is 0.0516. The van der Waals surface area contributed by atoms with E-state index in [1.165, 1.54) is 24.1 Å². The van der Waals surface area contributed by atoms with Gasteiger partial charge in [-0.1, -0.05) is 11.6 Å². The number of hydrogen-bond acceptors (Lipinski definition) is 6. The molecule has 2 amide bonds. The Labute approximate surface area is 207 Å². The number of benzene rings is 2. The third kappa shape index (κ3) is 3.68. The van der Waals surface area contributed by atoms with Crippen LogP contribution in [0.1, 0.15) is 28.8 Å². The van der Waals surface area contributed by atoms with Gasteiger partial charge in [0.25, 0.3) is 5.91 Å². The number of ether oxygens (including phenoxy) is 2. The Morgan fingerprint density at radius 2 is 2.08 bits per heavy atom. The Morgan fingerprint density at radius 3 is 2.83 bits per heavy atom. The van der Waals surface area contributed by atoms with Crippen LogP contribution in [0.2, 0.25) is 5.02 Å². The number of carbonyl (C=O) groups is 2. The second-order valence-corrected chi connectivity index (χ2v) is 8.83. The molecule has 9 nitrogen and oxygen atoms in total. The summed E-state index contributed by atoms with van der Waals surface area (Å²) in [6.07, 6.45) is 0.997. The number of piperidine rings is 1. The van der Waals surface area contributed by atoms with Gasteiger partial charge in [0.1, 0.15) is 22.9 Å². The number of nitrogen functional groups attached to an aromatic ring is 1. The molecule has 5 rings (SSSR count). The number of halogens is 4. The molecule has 1 spiro atoms. The highest BCUT2D eigenvalue weighted by atomic mass is 35.5. The molecule has 3 heterocycles. The zero-order valence-corrected chi connectivity index (χ0v) is 19.5. The van der Waals surface area contributed by atoms with E-state index in [0.29, 0.717) is 12.5 Å². The fourth-order valence-electron chi connectivity index (χ4n) is 4.74. The Hall–Kier alpha value is -3.93. The number of likely N-dealkylation sites (tertiary alicyclic amines) is 1.